The third kappa shape index (κ3) is 2.69. The van der Waals surface area contributed by atoms with E-state index in [4.69, 9.17) is 4.74 Å². The quantitative estimate of drug-likeness (QED) is 0.620. The number of alkyl halides is 3. The minimum atomic E-state index is -4.51. The zero-order valence-corrected chi connectivity index (χ0v) is 10.8. The average Bonchev–Trinajstić information content (AvgIpc) is 2.70. The Labute approximate surface area is 113 Å². The maximum atomic E-state index is 12.9. The van der Waals surface area contributed by atoms with E-state index in [0.717, 1.165) is 4.90 Å². The van der Waals surface area contributed by atoms with E-state index in [0.29, 0.717) is 5.56 Å². The predicted molar refractivity (Wildman–Crippen MR) is 65.6 cm³/mol. The highest BCUT2D eigenvalue weighted by Gasteiger charge is 2.49. The molecule has 20 heavy (non-hydrogen) atoms. The molecular weight excluding hydrogens is 277 g/mol. The smallest absolute Gasteiger partial charge is 0.345 e. The fourth-order valence-electron chi connectivity index (χ4n) is 2.23. The summed E-state index contributed by atoms with van der Waals surface area (Å²) in [6.07, 6.45) is -7.09. The zero-order chi connectivity index (χ0) is 15.1. The Bertz CT molecular complexity index is 533. The van der Waals surface area contributed by atoms with Crippen LogP contribution in [0.5, 0.6) is 0 Å². The van der Waals surface area contributed by atoms with Crippen LogP contribution in [0.15, 0.2) is 18.2 Å². The molecule has 0 N–H and O–H groups in total. The fourth-order valence-corrected chi connectivity index (χ4v) is 2.23. The molecule has 1 aliphatic rings. The van der Waals surface area contributed by atoms with Gasteiger partial charge in [0.2, 0.25) is 6.23 Å². The topological polar surface area (TPSA) is 55.6 Å². The largest absolute Gasteiger partial charge is 0.433 e. The monoisotopic (exact) mass is 290 g/mol. The number of nitro groups is 1. The first kappa shape index (κ1) is 14.6. The second-order valence-electron chi connectivity index (χ2n) is 4.72. The van der Waals surface area contributed by atoms with E-state index < -0.39 is 23.4 Å². The Hall–Kier alpha value is -1.83. The Morgan fingerprint density at radius 2 is 2.10 bits per heavy atom. The van der Waals surface area contributed by atoms with Gasteiger partial charge in [0.1, 0.15) is 0 Å². The van der Waals surface area contributed by atoms with Gasteiger partial charge in [-0.1, -0.05) is 0 Å². The molecule has 8 heteroatoms. The lowest BCUT2D eigenvalue weighted by Gasteiger charge is -2.26. The van der Waals surface area contributed by atoms with Crippen molar-refractivity contribution in [1.29, 1.82) is 0 Å². The van der Waals surface area contributed by atoms with Gasteiger partial charge >= 0.3 is 6.18 Å². The number of hydrogen-bond acceptors (Lipinski definition) is 4. The van der Waals surface area contributed by atoms with Gasteiger partial charge in [-0.3, -0.25) is 10.1 Å². The van der Waals surface area contributed by atoms with Crippen molar-refractivity contribution in [2.24, 2.45) is 0 Å². The molecule has 1 heterocycles. The van der Waals surface area contributed by atoms with Crippen molar-refractivity contribution < 1.29 is 22.8 Å². The summed E-state index contributed by atoms with van der Waals surface area (Å²) in [6.45, 7) is 3.13. The van der Waals surface area contributed by atoms with Gasteiger partial charge in [0.15, 0.2) is 0 Å². The van der Waals surface area contributed by atoms with Crippen LogP contribution in [0, 0.1) is 17.0 Å². The van der Waals surface area contributed by atoms with E-state index in [1.165, 1.54) is 25.1 Å². The molecule has 5 nitrogen and oxygen atoms in total. The molecule has 0 bridgehead atoms. The summed E-state index contributed by atoms with van der Waals surface area (Å²) in [5.41, 5.74) is 0.457. The molecule has 0 aromatic heterocycles. The first-order valence-corrected chi connectivity index (χ1v) is 5.94. The lowest BCUT2D eigenvalue weighted by molar-refractivity contribution is -0.385. The van der Waals surface area contributed by atoms with Crippen LogP contribution in [0.2, 0.25) is 0 Å². The van der Waals surface area contributed by atoms with Crippen LogP contribution in [0.4, 0.5) is 24.5 Å². The molecule has 1 fully saturated rings. The molecule has 1 aromatic rings. The number of rotatable bonds is 2. The second-order valence-corrected chi connectivity index (χ2v) is 4.72. The minimum absolute atomic E-state index is 0.0847. The molecular formula is C12H13F3N2O3. The number of nitrogens with zero attached hydrogens (tertiary/aromatic N) is 2. The molecule has 2 atom stereocenters. The van der Waals surface area contributed by atoms with Gasteiger partial charge in [0, 0.05) is 23.9 Å². The third-order valence-electron chi connectivity index (χ3n) is 3.09. The third-order valence-corrected chi connectivity index (χ3v) is 3.09. The van der Waals surface area contributed by atoms with Crippen LogP contribution in [0.1, 0.15) is 12.5 Å². The lowest BCUT2D eigenvalue weighted by atomic mass is 10.1. The highest BCUT2D eigenvalue weighted by atomic mass is 19.4. The molecule has 0 aliphatic carbocycles. The van der Waals surface area contributed by atoms with Gasteiger partial charge in [-0.2, -0.15) is 13.2 Å². The summed E-state index contributed by atoms with van der Waals surface area (Å²) >= 11 is 0. The maximum Gasteiger partial charge on any atom is 0.433 e. The van der Waals surface area contributed by atoms with E-state index in [1.807, 2.05) is 0 Å². The molecule has 1 aromatic carbocycles. The number of ether oxygens (including phenoxy) is 1. The lowest BCUT2D eigenvalue weighted by Crippen LogP contribution is -2.42. The first-order valence-electron chi connectivity index (χ1n) is 5.94. The van der Waals surface area contributed by atoms with Crippen LogP contribution < -0.4 is 4.90 Å². The summed E-state index contributed by atoms with van der Waals surface area (Å²) in [5.74, 6) is 0. The summed E-state index contributed by atoms with van der Waals surface area (Å²) in [4.78, 5) is 11.2. The van der Waals surface area contributed by atoms with Crippen molar-refractivity contribution in [2.75, 3.05) is 11.4 Å². The summed E-state index contributed by atoms with van der Waals surface area (Å²) in [6, 6.07) is 3.89. The summed E-state index contributed by atoms with van der Waals surface area (Å²) in [5, 5.41) is 10.7. The Morgan fingerprint density at radius 3 is 2.60 bits per heavy atom. The van der Waals surface area contributed by atoms with Gasteiger partial charge < -0.3 is 9.64 Å². The Balaban J connectivity index is 2.35. The van der Waals surface area contributed by atoms with Gasteiger partial charge in [-0.25, -0.2) is 0 Å². The van der Waals surface area contributed by atoms with Crippen LogP contribution in [-0.4, -0.2) is 30.0 Å². The standard InChI is InChI=1S/C12H13F3N2O3/c1-7-5-9(3-4-10(7)17(18)19)16-6-8(2)20-11(16)12(13,14)15/h3-5,8,11H,6H2,1-2H3/t8-,11-/m0/s1. The Kier molecular flexibility index (Phi) is 3.59. The molecule has 2 rings (SSSR count). The van der Waals surface area contributed by atoms with Crippen LogP contribution in [-0.2, 0) is 4.74 Å². The van der Waals surface area contributed by atoms with Crippen molar-refractivity contribution in [3.8, 4) is 0 Å². The molecule has 110 valence electrons. The van der Waals surface area contributed by atoms with Crippen molar-refractivity contribution in [3.63, 3.8) is 0 Å². The summed E-state index contributed by atoms with van der Waals surface area (Å²) in [7, 11) is 0. The van der Waals surface area contributed by atoms with Gasteiger partial charge in [0.25, 0.3) is 5.69 Å². The second kappa shape index (κ2) is 4.93. The van der Waals surface area contributed by atoms with Crippen LogP contribution in [0.25, 0.3) is 0 Å². The summed E-state index contributed by atoms with van der Waals surface area (Å²) < 4.78 is 43.6. The SMILES string of the molecule is Cc1cc(N2C[C@H](C)O[C@H]2C(F)(F)F)ccc1[N+](=O)[O-]. The number of hydrogen-bond donors (Lipinski definition) is 0. The molecule has 1 saturated heterocycles. The number of anilines is 1. The van der Waals surface area contributed by atoms with Crippen molar-refractivity contribution in [3.05, 3.63) is 33.9 Å². The molecule has 0 spiro atoms. The molecule has 0 saturated carbocycles. The van der Waals surface area contributed by atoms with Crippen molar-refractivity contribution in [2.45, 2.75) is 32.4 Å². The molecule has 0 amide bonds. The average molecular weight is 290 g/mol. The maximum absolute atomic E-state index is 12.9. The fraction of sp³-hybridized carbons (Fsp3) is 0.500. The number of benzene rings is 1. The van der Waals surface area contributed by atoms with Crippen molar-refractivity contribution >= 4 is 11.4 Å². The number of nitro benzene ring substituents is 1. The Morgan fingerprint density at radius 1 is 1.45 bits per heavy atom. The number of halogens is 3. The van der Waals surface area contributed by atoms with E-state index >= 15 is 0 Å². The molecule has 0 radical (unpaired) electrons. The predicted octanol–water partition coefficient (Wildman–Crippen LogP) is 3.02. The van der Waals surface area contributed by atoms with Crippen molar-refractivity contribution in [1.82, 2.24) is 0 Å². The normalized spacial score (nSPS) is 23.1. The van der Waals surface area contributed by atoms with E-state index in [-0.39, 0.29) is 17.9 Å². The minimum Gasteiger partial charge on any atom is -0.345 e. The first-order chi connectivity index (χ1) is 9.20. The van der Waals surface area contributed by atoms with Gasteiger partial charge in [-0.15, -0.1) is 0 Å². The highest BCUT2D eigenvalue weighted by molar-refractivity contribution is 5.56. The van der Waals surface area contributed by atoms with E-state index in [2.05, 4.69) is 0 Å². The number of aryl methyl sites for hydroxylation is 1. The van der Waals surface area contributed by atoms with E-state index in [9.17, 15) is 23.3 Å². The van der Waals surface area contributed by atoms with Crippen LogP contribution >= 0.6 is 0 Å². The van der Waals surface area contributed by atoms with Gasteiger partial charge in [-0.05, 0) is 26.0 Å². The molecule has 0 unspecified atom stereocenters. The zero-order valence-electron chi connectivity index (χ0n) is 10.8. The van der Waals surface area contributed by atoms with Gasteiger partial charge in [0.05, 0.1) is 11.0 Å². The van der Waals surface area contributed by atoms with Crippen LogP contribution in [0.3, 0.4) is 0 Å². The molecule has 1 aliphatic heterocycles. The van der Waals surface area contributed by atoms with E-state index in [1.54, 1.807) is 6.92 Å². The highest BCUT2D eigenvalue weighted by Crippen LogP contribution is 2.36.